The normalized spacial score (nSPS) is 13.1. The second-order valence-electron chi connectivity index (χ2n) is 2.60. The number of hydrogen-bond donors (Lipinski definition) is 2. The zero-order chi connectivity index (χ0) is 12.4. The zero-order valence-electron chi connectivity index (χ0n) is 7.55. The lowest BCUT2D eigenvalue weighted by Gasteiger charge is -1.96. The van der Waals surface area contributed by atoms with Gasteiger partial charge in [0.15, 0.2) is 0 Å². The standard InChI is InChI=1S/C6H6N2O6S2/c9-15(10,11)6-3-1-2-5(4-6)7-8-16(12,13)14/h1-4H,(H,9,10,11)(H,12,13,14). The highest BCUT2D eigenvalue weighted by atomic mass is 32.2. The first kappa shape index (κ1) is 12.7. The van der Waals surface area contributed by atoms with Crippen molar-refractivity contribution in [3.05, 3.63) is 24.3 Å². The molecule has 8 nitrogen and oxygen atoms in total. The maximum absolute atomic E-state index is 10.7. The largest absolute Gasteiger partial charge is 0.396 e. The van der Waals surface area contributed by atoms with Gasteiger partial charge in [-0.25, -0.2) is 0 Å². The fourth-order valence-electron chi connectivity index (χ4n) is 0.805. The Morgan fingerprint density at radius 1 is 1.06 bits per heavy atom. The molecule has 0 aliphatic carbocycles. The van der Waals surface area contributed by atoms with E-state index in [2.05, 4.69) is 9.63 Å². The van der Waals surface area contributed by atoms with Crippen LogP contribution in [0, 0.1) is 0 Å². The van der Waals surface area contributed by atoms with E-state index in [9.17, 15) is 16.8 Å². The highest BCUT2D eigenvalue weighted by Crippen LogP contribution is 2.18. The first-order chi connectivity index (χ1) is 7.18. The van der Waals surface area contributed by atoms with Crippen LogP contribution in [0.4, 0.5) is 5.69 Å². The van der Waals surface area contributed by atoms with Crippen LogP contribution in [-0.2, 0) is 20.4 Å². The van der Waals surface area contributed by atoms with Crippen molar-refractivity contribution in [1.82, 2.24) is 0 Å². The van der Waals surface area contributed by atoms with E-state index in [1.807, 2.05) is 0 Å². The Labute approximate surface area is 91.3 Å². The Bertz CT molecular complexity index is 618. The third-order valence-electron chi connectivity index (χ3n) is 1.37. The van der Waals surface area contributed by atoms with Crippen LogP contribution >= 0.6 is 0 Å². The second kappa shape index (κ2) is 4.25. The molecule has 1 rings (SSSR count). The molecule has 0 radical (unpaired) electrons. The molecule has 0 aliphatic heterocycles. The Kier molecular flexibility index (Phi) is 3.38. The quantitative estimate of drug-likeness (QED) is 0.614. The fourth-order valence-corrected chi connectivity index (χ4v) is 1.52. The van der Waals surface area contributed by atoms with Crippen molar-refractivity contribution < 1.29 is 25.9 Å². The smallest absolute Gasteiger partial charge is 0.282 e. The Hall–Kier alpha value is -1.36. The van der Waals surface area contributed by atoms with Gasteiger partial charge in [-0.2, -0.15) is 16.8 Å². The summed E-state index contributed by atoms with van der Waals surface area (Å²) in [6.07, 6.45) is 0. The van der Waals surface area contributed by atoms with Crippen LogP contribution in [0.3, 0.4) is 0 Å². The molecular weight excluding hydrogens is 260 g/mol. The second-order valence-corrected chi connectivity index (χ2v) is 5.08. The molecule has 2 N–H and O–H groups in total. The molecule has 88 valence electrons. The lowest BCUT2D eigenvalue weighted by atomic mass is 10.3. The topological polar surface area (TPSA) is 133 Å². The Balaban J connectivity index is 3.15. The predicted molar refractivity (Wildman–Crippen MR) is 52.3 cm³/mol. The van der Waals surface area contributed by atoms with Crippen molar-refractivity contribution in [3.8, 4) is 0 Å². The average molecular weight is 266 g/mol. The van der Waals surface area contributed by atoms with Gasteiger partial charge in [0.2, 0.25) is 0 Å². The van der Waals surface area contributed by atoms with Crippen LogP contribution in [0.5, 0.6) is 0 Å². The molecule has 0 amide bonds. The number of hydrogen-bond acceptors (Lipinski definition) is 5. The van der Waals surface area contributed by atoms with Gasteiger partial charge in [0.05, 0.1) is 10.6 Å². The molecule has 0 aromatic heterocycles. The van der Waals surface area contributed by atoms with Gasteiger partial charge in [0.25, 0.3) is 10.1 Å². The van der Waals surface area contributed by atoms with E-state index in [1.54, 1.807) is 0 Å². The molecule has 16 heavy (non-hydrogen) atoms. The van der Waals surface area contributed by atoms with E-state index in [0.29, 0.717) is 0 Å². The molecule has 0 unspecified atom stereocenters. The van der Waals surface area contributed by atoms with E-state index >= 15 is 0 Å². The SMILES string of the molecule is O=S(=O)(O)N=Nc1cccc(S(=O)(=O)O)c1. The fraction of sp³-hybridized carbons (Fsp3) is 0. The van der Waals surface area contributed by atoms with Crippen LogP contribution < -0.4 is 0 Å². The summed E-state index contributed by atoms with van der Waals surface area (Å²) in [6, 6.07) is 4.44. The van der Waals surface area contributed by atoms with Gasteiger partial charge < -0.3 is 0 Å². The summed E-state index contributed by atoms with van der Waals surface area (Å²) in [6.45, 7) is 0. The van der Waals surface area contributed by atoms with Gasteiger partial charge >= 0.3 is 10.3 Å². The maximum Gasteiger partial charge on any atom is 0.396 e. The molecule has 1 aromatic rings. The van der Waals surface area contributed by atoms with Gasteiger partial charge in [-0.1, -0.05) is 6.07 Å². The van der Waals surface area contributed by atoms with Crippen LogP contribution in [0.25, 0.3) is 0 Å². The minimum atomic E-state index is -4.62. The zero-order valence-corrected chi connectivity index (χ0v) is 9.18. The van der Waals surface area contributed by atoms with E-state index in [-0.39, 0.29) is 5.69 Å². The van der Waals surface area contributed by atoms with Crippen LogP contribution in [-0.4, -0.2) is 25.9 Å². The van der Waals surface area contributed by atoms with E-state index in [4.69, 9.17) is 9.11 Å². The lowest BCUT2D eigenvalue weighted by molar-refractivity contribution is 0.481. The van der Waals surface area contributed by atoms with Crippen molar-refractivity contribution in [1.29, 1.82) is 0 Å². The molecule has 0 heterocycles. The van der Waals surface area contributed by atoms with Gasteiger partial charge in [0, 0.05) is 0 Å². The predicted octanol–water partition coefficient (Wildman–Crippen LogP) is 0.820. The molecule has 0 spiro atoms. The van der Waals surface area contributed by atoms with E-state index in [1.165, 1.54) is 12.1 Å². The third-order valence-corrected chi connectivity index (χ3v) is 2.51. The molecular formula is C6H6N2O6S2. The average Bonchev–Trinajstić information content (AvgIpc) is 2.13. The minimum Gasteiger partial charge on any atom is -0.282 e. The van der Waals surface area contributed by atoms with Crippen molar-refractivity contribution in [2.75, 3.05) is 0 Å². The molecule has 0 atom stereocenters. The van der Waals surface area contributed by atoms with E-state index in [0.717, 1.165) is 12.1 Å². The summed E-state index contributed by atoms with van der Waals surface area (Å²) in [5.41, 5.74) is -0.146. The molecule has 0 saturated heterocycles. The lowest BCUT2D eigenvalue weighted by Crippen LogP contribution is -1.96. The monoisotopic (exact) mass is 266 g/mol. The van der Waals surface area contributed by atoms with Crippen molar-refractivity contribution >= 4 is 26.1 Å². The third kappa shape index (κ3) is 4.02. The van der Waals surface area contributed by atoms with Crippen molar-refractivity contribution in [3.63, 3.8) is 0 Å². The highest BCUT2D eigenvalue weighted by molar-refractivity contribution is 7.85. The summed E-state index contributed by atoms with van der Waals surface area (Å²) in [7, 11) is -9.02. The molecule has 0 saturated carbocycles. The number of rotatable bonds is 3. The molecule has 10 heteroatoms. The van der Waals surface area contributed by atoms with Gasteiger partial charge in [-0.05, 0) is 22.7 Å². The van der Waals surface area contributed by atoms with Gasteiger partial charge in [-0.15, -0.1) is 5.11 Å². The molecule has 0 aliphatic rings. The first-order valence-electron chi connectivity index (χ1n) is 3.66. The molecule has 1 aromatic carbocycles. The van der Waals surface area contributed by atoms with Crippen LogP contribution in [0.1, 0.15) is 0 Å². The number of nitrogens with zero attached hydrogens (tertiary/aromatic N) is 2. The molecule has 0 bridgehead atoms. The summed E-state index contributed by atoms with van der Waals surface area (Å²) < 4.78 is 61.3. The number of benzene rings is 1. The Morgan fingerprint density at radius 2 is 1.69 bits per heavy atom. The van der Waals surface area contributed by atoms with Crippen molar-refractivity contribution in [2.24, 2.45) is 9.63 Å². The highest BCUT2D eigenvalue weighted by Gasteiger charge is 2.09. The maximum atomic E-state index is 10.7. The van der Waals surface area contributed by atoms with Gasteiger partial charge in [0.1, 0.15) is 0 Å². The summed E-state index contributed by atoms with van der Waals surface area (Å²) in [5.74, 6) is 0. The molecule has 0 fully saturated rings. The minimum absolute atomic E-state index is 0.146. The summed E-state index contributed by atoms with van der Waals surface area (Å²) in [4.78, 5) is -0.459. The van der Waals surface area contributed by atoms with Gasteiger partial charge in [-0.3, -0.25) is 9.11 Å². The first-order valence-corrected chi connectivity index (χ1v) is 6.50. The summed E-state index contributed by atoms with van der Waals surface area (Å²) in [5, 5.41) is 3.06. The van der Waals surface area contributed by atoms with Crippen molar-refractivity contribution in [2.45, 2.75) is 4.90 Å². The van der Waals surface area contributed by atoms with Crippen LogP contribution in [0.2, 0.25) is 0 Å². The van der Waals surface area contributed by atoms with Crippen LogP contribution in [0.15, 0.2) is 38.8 Å². The van der Waals surface area contributed by atoms with E-state index < -0.39 is 25.3 Å². The Morgan fingerprint density at radius 3 is 2.19 bits per heavy atom. The summed E-state index contributed by atoms with van der Waals surface area (Å²) >= 11 is 0.